The van der Waals surface area contributed by atoms with Crippen LogP contribution in [0.5, 0.6) is 5.75 Å². The number of ether oxygens (including phenoxy) is 1. The van der Waals surface area contributed by atoms with E-state index in [0.717, 1.165) is 25.3 Å². The standard InChI is InChI=1S/C19H22ClN3O2/c1-25-16-8-2-13(3-9-16)17-10-11-21-12-18(17)23-19(24)22-15-6-4-14(20)5-7-15/h2-9,17-18,21H,10-12H2,1H3,(H2,22,23,24)/t17-,18+/m0/s1. The Morgan fingerprint density at radius 3 is 2.56 bits per heavy atom. The van der Waals surface area contributed by atoms with Gasteiger partial charge in [0, 0.05) is 29.2 Å². The summed E-state index contributed by atoms with van der Waals surface area (Å²) in [4.78, 5) is 12.3. The number of rotatable bonds is 4. The van der Waals surface area contributed by atoms with Gasteiger partial charge in [0.25, 0.3) is 0 Å². The van der Waals surface area contributed by atoms with Crippen LogP contribution in [0, 0.1) is 0 Å². The molecule has 2 atom stereocenters. The Morgan fingerprint density at radius 2 is 1.88 bits per heavy atom. The van der Waals surface area contributed by atoms with E-state index < -0.39 is 0 Å². The van der Waals surface area contributed by atoms with Crippen LogP contribution in [0.1, 0.15) is 17.9 Å². The van der Waals surface area contributed by atoms with Gasteiger partial charge in [-0.25, -0.2) is 4.79 Å². The highest BCUT2D eigenvalue weighted by atomic mass is 35.5. The van der Waals surface area contributed by atoms with E-state index in [9.17, 15) is 4.79 Å². The number of halogens is 1. The van der Waals surface area contributed by atoms with Crippen LogP contribution in [0.25, 0.3) is 0 Å². The van der Waals surface area contributed by atoms with Crippen LogP contribution in [0.4, 0.5) is 10.5 Å². The summed E-state index contributed by atoms with van der Waals surface area (Å²) in [5.74, 6) is 1.10. The highest BCUT2D eigenvalue weighted by molar-refractivity contribution is 6.30. The van der Waals surface area contributed by atoms with Crippen molar-refractivity contribution in [2.45, 2.75) is 18.4 Å². The Morgan fingerprint density at radius 1 is 1.16 bits per heavy atom. The quantitative estimate of drug-likeness (QED) is 0.781. The second-order valence-corrected chi connectivity index (χ2v) is 6.52. The van der Waals surface area contributed by atoms with E-state index in [1.54, 1.807) is 31.4 Å². The molecule has 0 spiro atoms. The SMILES string of the molecule is COc1ccc([C@@H]2CCNC[C@H]2NC(=O)Nc2ccc(Cl)cc2)cc1. The Labute approximate surface area is 152 Å². The maximum atomic E-state index is 12.3. The first-order valence-electron chi connectivity index (χ1n) is 8.33. The highest BCUT2D eigenvalue weighted by Crippen LogP contribution is 2.27. The van der Waals surface area contributed by atoms with Crippen molar-refractivity contribution in [3.05, 3.63) is 59.1 Å². The van der Waals surface area contributed by atoms with E-state index in [1.807, 2.05) is 12.1 Å². The Hall–Kier alpha value is -2.24. The molecular weight excluding hydrogens is 338 g/mol. The molecule has 2 amide bonds. The fraction of sp³-hybridized carbons (Fsp3) is 0.316. The molecule has 0 unspecified atom stereocenters. The molecular formula is C19H22ClN3O2. The minimum absolute atomic E-state index is 0.0226. The molecule has 2 aromatic carbocycles. The van der Waals surface area contributed by atoms with Crippen LogP contribution in [0.15, 0.2) is 48.5 Å². The van der Waals surface area contributed by atoms with Gasteiger partial charge in [0.05, 0.1) is 7.11 Å². The van der Waals surface area contributed by atoms with Crippen LogP contribution in [-0.4, -0.2) is 32.3 Å². The van der Waals surface area contributed by atoms with Gasteiger partial charge >= 0.3 is 6.03 Å². The first kappa shape index (κ1) is 17.6. The summed E-state index contributed by atoms with van der Waals surface area (Å²) >= 11 is 5.87. The van der Waals surface area contributed by atoms with Crippen molar-refractivity contribution in [2.24, 2.45) is 0 Å². The van der Waals surface area contributed by atoms with Gasteiger partial charge in [-0.3, -0.25) is 0 Å². The predicted molar refractivity (Wildman–Crippen MR) is 101 cm³/mol. The van der Waals surface area contributed by atoms with E-state index >= 15 is 0 Å². The Balaban J connectivity index is 1.65. The normalized spacial score (nSPS) is 19.9. The van der Waals surface area contributed by atoms with Crippen molar-refractivity contribution in [3.8, 4) is 5.75 Å². The number of anilines is 1. The van der Waals surface area contributed by atoms with Crippen molar-refractivity contribution in [3.63, 3.8) is 0 Å². The van der Waals surface area contributed by atoms with Crippen molar-refractivity contribution < 1.29 is 9.53 Å². The van der Waals surface area contributed by atoms with Gasteiger partial charge in [0.1, 0.15) is 5.75 Å². The molecule has 3 N–H and O–H groups in total. The van der Waals surface area contributed by atoms with Crippen LogP contribution in [-0.2, 0) is 0 Å². The average Bonchev–Trinajstić information content (AvgIpc) is 2.64. The number of hydrogen-bond donors (Lipinski definition) is 3. The third-order valence-corrected chi connectivity index (χ3v) is 4.70. The van der Waals surface area contributed by atoms with Crippen molar-refractivity contribution in [1.29, 1.82) is 0 Å². The predicted octanol–water partition coefficient (Wildman–Crippen LogP) is 3.62. The van der Waals surface area contributed by atoms with Crippen molar-refractivity contribution in [2.75, 3.05) is 25.5 Å². The summed E-state index contributed by atoms with van der Waals surface area (Å²) < 4.78 is 5.22. The van der Waals surface area contributed by atoms with Crippen LogP contribution >= 0.6 is 11.6 Å². The van der Waals surface area contributed by atoms with E-state index in [-0.39, 0.29) is 18.0 Å². The molecule has 132 valence electrons. The van der Waals surface area contributed by atoms with Gasteiger partial charge in [-0.15, -0.1) is 0 Å². The number of urea groups is 1. The lowest BCUT2D eigenvalue weighted by atomic mass is 9.86. The van der Waals surface area contributed by atoms with Gasteiger partial charge in [0.15, 0.2) is 0 Å². The van der Waals surface area contributed by atoms with Gasteiger partial charge in [-0.2, -0.15) is 0 Å². The zero-order valence-electron chi connectivity index (χ0n) is 14.1. The number of piperidine rings is 1. The minimum atomic E-state index is -0.213. The number of hydrogen-bond acceptors (Lipinski definition) is 3. The lowest BCUT2D eigenvalue weighted by molar-refractivity contribution is 0.242. The van der Waals surface area contributed by atoms with E-state index in [1.165, 1.54) is 5.56 Å². The molecule has 2 aromatic rings. The molecule has 3 rings (SSSR count). The molecule has 1 aliphatic heterocycles. The first-order chi connectivity index (χ1) is 12.2. The summed E-state index contributed by atoms with van der Waals surface area (Å²) in [7, 11) is 1.66. The van der Waals surface area contributed by atoms with Crippen molar-refractivity contribution in [1.82, 2.24) is 10.6 Å². The third kappa shape index (κ3) is 4.65. The molecule has 0 saturated carbocycles. The molecule has 25 heavy (non-hydrogen) atoms. The number of carbonyl (C=O) groups excluding carboxylic acids is 1. The molecule has 1 aliphatic rings. The maximum Gasteiger partial charge on any atom is 0.319 e. The molecule has 0 aliphatic carbocycles. The molecule has 1 heterocycles. The van der Waals surface area contributed by atoms with E-state index in [0.29, 0.717) is 10.7 Å². The zero-order chi connectivity index (χ0) is 17.6. The Kier molecular flexibility index (Phi) is 5.79. The van der Waals surface area contributed by atoms with E-state index in [4.69, 9.17) is 16.3 Å². The van der Waals surface area contributed by atoms with Gasteiger partial charge in [-0.1, -0.05) is 23.7 Å². The number of methoxy groups -OCH3 is 1. The largest absolute Gasteiger partial charge is 0.497 e. The van der Waals surface area contributed by atoms with Gasteiger partial charge in [-0.05, 0) is 54.9 Å². The summed E-state index contributed by atoms with van der Waals surface area (Å²) in [5, 5.41) is 9.92. The lowest BCUT2D eigenvalue weighted by Gasteiger charge is -2.33. The van der Waals surface area contributed by atoms with Crippen molar-refractivity contribution >= 4 is 23.3 Å². The molecule has 0 bridgehead atoms. The average molecular weight is 360 g/mol. The molecule has 1 fully saturated rings. The highest BCUT2D eigenvalue weighted by Gasteiger charge is 2.27. The van der Waals surface area contributed by atoms with Gasteiger partial charge < -0.3 is 20.7 Å². The molecule has 6 heteroatoms. The minimum Gasteiger partial charge on any atom is -0.497 e. The number of nitrogens with one attached hydrogen (secondary N) is 3. The molecule has 1 saturated heterocycles. The number of amides is 2. The maximum absolute atomic E-state index is 12.3. The number of carbonyl (C=O) groups is 1. The second-order valence-electron chi connectivity index (χ2n) is 6.08. The third-order valence-electron chi connectivity index (χ3n) is 4.44. The fourth-order valence-electron chi connectivity index (χ4n) is 3.13. The van der Waals surface area contributed by atoms with Crippen LogP contribution in [0.3, 0.4) is 0 Å². The molecule has 5 nitrogen and oxygen atoms in total. The monoisotopic (exact) mass is 359 g/mol. The molecule has 0 aromatic heterocycles. The Bertz CT molecular complexity index is 704. The summed E-state index contributed by atoms with van der Waals surface area (Å²) in [6, 6.07) is 14.9. The lowest BCUT2D eigenvalue weighted by Crippen LogP contribution is -2.51. The fourth-order valence-corrected chi connectivity index (χ4v) is 3.26. The summed E-state index contributed by atoms with van der Waals surface area (Å²) in [5.41, 5.74) is 1.92. The summed E-state index contributed by atoms with van der Waals surface area (Å²) in [6.45, 7) is 1.68. The molecule has 0 radical (unpaired) electrons. The zero-order valence-corrected chi connectivity index (χ0v) is 14.8. The van der Waals surface area contributed by atoms with Crippen LogP contribution < -0.4 is 20.7 Å². The van der Waals surface area contributed by atoms with E-state index in [2.05, 4.69) is 28.1 Å². The topological polar surface area (TPSA) is 62.4 Å². The second kappa shape index (κ2) is 8.23. The summed E-state index contributed by atoms with van der Waals surface area (Å²) in [6.07, 6.45) is 0.970. The number of benzene rings is 2. The smallest absolute Gasteiger partial charge is 0.319 e. The van der Waals surface area contributed by atoms with Crippen LogP contribution in [0.2, 0.25) is 5.02 Å². The first-order valence-corrected chi connectivity index (χ1v) is 8.71. The van der Waals surface area contributed by atoms with Gasteiger partial charge in [0.2, 0.25) is 0 Å².